The highest BCUT2D eigenvalue weighted by atomic mass is 31.2. The minimum absolute atomic E-state index is 0.0226. The molecular weight excluding hydrogens is 687 g/mol. The Hall–Kier alpha value is -2.10. The summed E-state index contributed by atoms with van der Waals surface area (Å²) in [6.45, 7) is 4.50. The van der Waals surface area contributed by atoms with Gasteiger partial charge in [-0.25, -0.2) is 4.57 Å². The predicted octanol–water partition coefficient (Wildman–Crippen LogP) is 9.82. The summed E-state index contributed by atoms with van der Waals surface area (Å²) in [5.41, 5.74) is 0. The zero-order valence-electron chi connectivity index (χ0n) is 34.1. The molecular formula is C43H78N2O7P+. The van der Waals surface area contributed by atoms with Crippen LogP contribution in [0.1, 0.15) is 136 Å². The number of likely N-dealkylation sites (N-methyl/N-ethyl adjacent to an activating group) is 1. The lowest BCUT2D eigenvalue weighted by atomic mass is 10.0. The molecule has 0 saturated heterocycles. The van der Waals surface area contributed by atoms with E-state index in [0.717, 1.165) is 44.9 Å². The number of carbonyl (C=O) groups excluding carboxylic acids is 1. The summed E-state index contributed by atoms with van der Waals surface area (Å²) >= 11 is 0. The molecule has 0 rings (SSSR count). The molecule has 0 saturated carbocycles. The number of aliphatic hydroxyl groups excluding tert-OH is 2. The van der Waals surface area contributed by atoms with Crippen LogP contribution in [0.2, 0.25) is 0 Å². The summed E-state index contributed by atoms with van der Waals surface area (Å²) in [4.78, 5) is 23.0. The van der Waals surface area contributed by atoms with Crippen molar-refractivity contribution in [3.8, 4) is 0 Å². The summed E-state index contributed by atoms with van der Waals surface area (Å²) in [5.74, 6) is -0.342. The maximum Gasteiger partial charge on any atom is 0.472 e. The molecule has 0 aliphatic rings. The number of allylic oxidation sites excluding steroid dienone is 10. The average molecular weight is 766 g/mol. The van der Waals surface area contributed by atoms with Gasteiger partial charge in [-0.05, 0) is 51.4 Å². The van der Waals surface area contributed by atoms with E-state index in [0.29, 0.717) is 23.9 Å². The highest BCUT2D eigenvalue weighted by Crippen LogP contribution is 2.43. The summed E-state index contributed by atoms with van der Waals surface area (Å²) < 4.78 is 23.4. The molecule has 0 radical (unpaired) electrons. The van der Waals surface area contributed by atoms with Crippen molar-refractivity contribution in [1.82, 2.24) is 5.32 Å². The third-order valence-corrected chi connectivity index (χ3v) is 9.52. The lowest BCUT2D eigenvalue weighted by Gasteiger charge is -2.25. The van der Waals surface area contributed by atoms with Crippen molar-refractivity contribution in [2.45, 2.75) is 154 Å². The van der Waals surface area contributed by atoms with Crippen molar-refractivity contribution in [1.29, 1.82) is 0 Å². The molecule has 0 aromatic rings. The van der Waals surface area contributed by atoms with E-state index >= 15 is 0 Å². The fraction of sp³-hybridized carbons (Fsp3) is 0.698. The highest BCUT2D eigenvalue weighted by Gasteiger charge is 2.27. The van der Waals surface area contributed by atoms with E-state index in [1.54, 1.807) is 18.2 Å². The Bertz CT molecular complexity index is 1110. The molecule has 0 aliphatic carbocycles. The number of quaternary nitrogens is 1. The second-order valence-electron chi connectivity index (χ2n) is 14.8. The van der Waals surface area contributed by atoms with Crippen molar-refractivity contribution < 1.29 is 38.0 Å². The quantitative estimate of drug-likeness (QED) is 0.0166. The molecule has 1 amide bonds. The number of nitrogens with zero attached hydrogens (tertiary/aromatic N) is 1. The van der Waals surface area contributed by atoms with Gasteiger partial charge in [0.15, 0.2) is 0 Å². The number of rotatable bonds is 35. The maximum atomic E-state index is 12.8. The Morgan fingerprint density at radius 2 is 1.28 bits per heavy atom. The number of hydrogen-bond acceptors (Lipinski definition) is 6. The first-order valence-corrected chi connectivity index (χ1v) is 21.9. The van der Waals surface area contributed by atoms with Gasteiger partial charge in [0.2, 0.25) is 5.91 Å². The first-order valence-electron chi connectivity index (χ1n) is 20.4. The fourth-order valence-corrected chi connectivity index (χ4v) is 5.98. The Balaban J connectivity index is 4.74. The van der Waals surface area contributed by atoms with Gasteiger partial charge >= 0.3 is 7.82 Å². The van der Waals surface area contributed by atoms with Crippen LogP contribution in [-0.2, 0) is 18.4 Å². The molecule has 0 spiro atoms. The summed E-state index contributed by atoms with van der Waals surface area (Å²) in [7, 11) is 1.44. The number of carbonyl (C=O) groups is 1. The van der Waals surface area contributed by atoms with Gasteiger partial charge in [0.05, 0.1) is 46.0 Å². The van der Waals surface area contributed by atoms with Gasteiger partial charge in [-0.15, -0.1) is 0 Å². The minimum Gasteiger partial charge on any atom is -0.389 e. The molecule has 0 aromatic heterocycles. The van der Waals surface area contributed by atoms with E-state index in [1.807, 2.05) is 39.4 Å². The third-order valence-electron chi connectivity index (χ3n) is 8.54. The first kappa shape index (κ1) is 50.9. The van der Waals surface area contributed by atoms with Crippen LogP contribution in [0.15, 0.2) is 72.9 Å². The molecule has 306 valence electrons. The van der Waals surface area contributed by atoms with Crippen LogP contribution >= 0.6 is 7.82 Å². The largest absolute Gasteiger partial charge is 0.472 e. The van der Waals surface area contributed by atoms with Gasteiger partial charge in [-0.1, -0.05) is 151 Å². The van der Waals surface area contributed by atoms with Crippen LogP contribution < -0.4 is 5.32 Å². The Kier molecular flexibility index (Phi) is 33.0. The SMILES string of the molecule is CC/C=C\C/C=C\C/C=C\C/C=C\C=C\C(O)CCCC(=O)N[C@@H](COP(=O)(O)OCC[N+](C)(C)C)[C@H](O)/C=C/CCCCCCCCCCCCC. The molecule has 4 atom stereocenters. The third kappa shape index (κ3) is 36.6. The summed E-state index contributed by atoms with van der Waals surface area (Å²) in [6.07, 6.45) is 41.4. The number of amides is 1. The molecule has 4 N–H and O–H groups in total. The van der Waals surface area contributed by atoms with Crippen molar-refractivity contribution in [2.75, 3.05) is 40.9 Å². The fourth-order valence-electron chi connectivity index (χ4n) is 5.24. The monoisotopic (exact) mass is 766 g/mol. The molecule has 2 unspecified atom stereocenters. The van der Waals surface area contributed by atoms with Gasteiger partial charge in [0, 0.05) is 6.42 Å². The molecule has 0 aromatic carbocycles. The topological polar surface area (TPSA) is 125 Å². The van der Waals surface area contributed by atoms with E-state index in [9.17, 15) is 24.5 Å². The molecule has 10 heteroatoms. The lowest BCUT2D eigenvalue weighted by molar-refractivity contribution is -0.870. The zero-order chi connectivity index (χ0) is 39.5. The van der Waals surface area contributed by atoms with E-state index in [-0.39, 0.29) is 18.9 Å². The van der Waals surface area contributed by atoms with E-state index in [2.05, 4.69) is 55.6 Å². The van der Waals surface area contributed by atoms with Crippen molar-refractivity contribution in [2.24, 2.45) is 0 Å². The number of nitrogens with one attached hydrogen (secondary N) is 1. The van der Waals surface area contributed by atoms with Crippen LogP contribution in [0, 0.1) is 0 Å². The molecule has 0 fully saturated rings. The summed E-state index contributed by atoms with van der Waals surface area (Å²) in [6, 6.07) is -0.943. The van der Waals surface area contributed by atoms with Gasteiger partial charge in [-0.2, -0.15) is 0 Å². The maximum absolute atomic E-state index is 12.8. The van der Waals surface area contributed by atoms with Crippen LogP contribution in [-0.4, -0.2) is 84.6 Å². The molecule has 53 heavy (non-hydrogen) atoms. The van der Waals surface area contributed by atoms with Gasteiger partial charge in [-0.3, -0.25) is 13.8 Å². The Morgan fingerprint density at radius 3 is 1.87 bits per heavy atom. The second kappa shape index (κ2) is 34.4. The normalized spacial score (nSPS) is 15.8. The molecule has 9 nitrogen and oxygen atoms in total. The lowest BCUT2D eigenvalue weighted by Crippen LogP contribution is -2.45. The molecule has 0 bridgehead atoms. The Morgan fingerprint density at radius 1 is 0.717 bits per heavy atom. The van der Waals surface area contributed by atoms with Gasteiger partial charge in [0.25, 0.3) is 0 Å². The van der Waals surface area contributed by atoms with E-state index < -0.39 is 32.7 Å². The van der Waals surface area contributed by atoms with Crippen molar-refractivity contribution in [3.63, 3.8) is 0 Å². The second-order valence-corrected chi connectivity index (χ2v) is 16.3. The van der Waals surface area contributed by atoms with Crippen molar-refractivity contribution >= 4 is 13.7 Å². The average Bonchev–Trinajstić information content (AvgIpc) is 3.09. The number of unbranched alkanes of at least 4 members (excludes halogenated alkanes) is 11. The van der Waals surface area contributed by atoms with Crippen LogP contribution in [0.5, 0.6) is 0 Å². The zero-order valence-corrected chi connectivity index (χ0v) is 35.0. The number of phosphoric ester groups is 1. The van der Waals surface area contributed by atoms with Crippen molar-refractivity contribution in [3.05, 3.63) is 72.9 Å². The summed E-state index contributed by atoms with van der Waals surface area (Å²) in [5, 5.41) is 24.0. The predicted molar refractivity (Wildman–Crippen MR) is 222 cm³/mol. The van der Waals surface area contributed by atoms with Crippen LogP contribution in [0.4, 0.5) is 0 Å². The Labute approximate surface area is 324 Å². The first-order chi connectivity index (χ1) is 25.4. The molecule has 0 heterocycles. The van der Waals surface area contributed by atoms with E-state index in [1.165, 1.54) is 57.8 Å². The number of aliphatic hydroxyl groups is 2. The van der Waals surface area contributed by atoms with Crippen LogP contribution in [0.25, 0.3) is 0 Å². The minimum atomic E-state index is -4.39. The number of hydrogen-bond donors (Lipinski definition) is 4. The number of phosphoric acid groups is 1. The smallest absolute Gasteiger partial charge is 0.389 e. The van der Waals surface area contributed by atoms with E-state index in [4.69, 9.17) is 9.05 Å². The highest BCUT2D eigenvalue weighted by molar-refractivity contribution is 7.47. The molecule has 0 aliphatic heterocycles. The standard InChI is InChI=1S/C43H77N2O7P/c1-6-8-10-12-14-16-18-20-22-24-26-28-30-33-40(46)34-32-36-43(48)44-41(39-52-53(49,50)51-38-37-45(3,4)5)42(47)35-31-29-27-25-23-21-19-17-15-13-11-9-7-2/h8,10,14,16,20,22,26,28,30-31,33,35,40-42,46-47H,6-7,9,11-13,15,17-19,21,23-25,27,29,32,34,36-39H2,1-5H3,(H-,44,48,49,50)/p+1/b10-8-,16-14-,22-20-,28-26-,33-30+,35-31+/t40?,41-,42+/m0/s1. The van der Waals surface area contributed by atoms with Gasteiger partial charge < -0.3 is 24.9 Å². The van der Waals surface area contributed by atoms with Crippen LogP contribution in [0.3, 0.4) is 0 Å². The van der Waals surface area contributed by atoms with Gasteiger partial charge in [0.1, 0.15) is 13.2 Å².